The van der Waals surface area contributed by atoms with Gasteiger partial charge in [-0.05, 0) is 62.3 Å². The minimum atomic E-state index is -1.17. The third kappa shape index (κ3) is 2.83. The van der Waals surface area contributed by atoms with Crippen molar-refractivity contribution in [2.24, 2.45) is 45.8 Å². The number of hydrogen-bond donors (Lipinski definition) is 1. The van der Waals surface area contributed by atoms with Crippen LogP contribution in [0.3, 0.4) is 0 Å². The van der Waals surface area contributed by atoms with Gasteiger partial charge in [0.2, 0.25) is 0 Å². The molecule has 1 unspecified atom stereocenters. The van der Waals surface area contributed by atoms with Gasteiger partial charge in [-0.25, -0.2) is 0 Å². The Hall–Kier alpha value is -1.24. The highest BCUT2D eigenvalue weighted by Crippen LogP contribution is 2.82. The number of morpholine rings is 1. The third-order valence-corrected chi connectivity index (χ3v) is 10.4. The molecule has 184 valence electrons. The largest absolute Gasteiger partial charge is 0.481 e. The molecule has 3 saturated carbocycles. The van der Waals surface area contributed by atoms with Crippen molar-refractivity contribution in [2.75, 3.05) is 26.2 Å². The molecule has 6 nitrogen and oxygen atoms in total. The smallest absolute Gasteiger partial charge is 0.315 e. The summed E-state index contributed by atoms with van der Waals surface area (Å²) < 4.78 is 12.7. The maximum Gasteiger partial charge on any atom is 0.315 e. The van der Waals surface area contributed by atoms with Gasteiger partial charge in [0, 0.05) is 18.5 Å². The van der Waals surface area contributed by atoms with Gasteiger partial charge in [0.05, 0.1) is 18.1 Å². The van der Waals surface area contributed by atoms with Crippen LogP contribution in [0, 0.1) is 45.8 Å². The van der Waals surface area contributed by atoms with E-state index in [0.29, 0.717) is 31.4 Å². The fourth-order valence-electron chi connectivity index (χ4n) is 9.22. The average molecular weight is 460 g/mol. The van der Waals surface area contributed by atoms with Crippen molar-refractivity contribution >= 4 is 12.3 Å². The predicted octanol–water partition coefficient (Wildman–Crippen LogP) is 3.99. The van der Waals surface area contributed by atoms with Gasteiger partial charge in [0.1, 0.15) is 11.7 Å². The zero-order valence-electron chi connectivity index (χ0n) is 20.9. The lowest BCUT2D eigenvalue weighted by Gasteiger charge is -2.58. The van der Waals surface area contributed by atoms with E-state index in [1.807, 2.05) is 0 Å². The Morgan fingerprint density at radius 2 is 2.06 bits per heavy atom. The molecule has 1 aliphatic heterocycles. The van der Waals surface area contributed by atoms with Crippen LogP contribution in [-0.2, 0) is 19.1 Å². The van der Waals surface area contributed by atoms with E-state index in [4.69, 9.17) is 9.47 Å². The number of aldehydes is 1. The number of carbonyl (C=O) groups is 2. The SMILES string of the molecule is CCN1C[C@H](OCC23C[C@@H]4[C@H](C)CC[C@H]4[C@@]4(C=O)C[C@H]2C=C(C(C)C)[C@@]34C(=O)O)O[C@H](C)C1. The molecule has 5 aliphatic rings. The summed E-state index contributed by atoms with van der Waals surface area (Å²) in [4.78, 5) is 28.9. The van der Waals surface area contributed by atoms with Gasteiger partial charge in [-0.2, -0.15) is 0 Å². The number of carboxylic acids is 1. The van der Waals surface area contributed by atoms with Gasteiger partial charge < -0.3 is 19.4 Å². The van der Waals surface area contributed by atoms with E-state index in [9.17, 15) is 14.7 Å². The summed E-state index contributed by atoms with van der Waals surface area (Å²) in [5, 5.41) is 11.0. The summed E-state index contributed by atoms with van der Waals surface area (Å²) in [5.41, 5.74) is -1.62. The van der Waals surface area contributed by atoms with E-state index in [1.54, 1.807) is 0 Å². The molecule has 1 heterocycles. The van der Waals surface area contributed by atoms with Crippen molar-refractivity contribution in [1.29, 1.82) is 0 Å². The lowest BCUT2D eigenvalue weighted by molar-refractivity contribution is -0.235. The Kier molecular flexibility index (Phi) is 5.62. The summed E-state index contributed by atoms with van der Waals surface area (Å²) in [5.74, 6) is 0.391. The van der Waals surface area contributed by atoms with Crippen LogP contribution in [0.4, 0.5) is 0 Å². The first kappa shape index (κ1) is 23.5. The molecule has 5 rings (SSSR count). The van der Waals surface area contributed by atoms with Gasteiger partial charge in [0.25, 0.3) is 0 Å². The van der Waals surface area contributed by atoms with Gasteiger partial charge in [-0.3, -0.25) is 9.69 Å². The number of carboxylic acid groups (broad SMARTS) is 1. The molecule has 0 aromatic rings. The van der Waals surface area contributed by atoms with E-state index in [1.165, 1.54) is 0 Å². The highest BCUT2D eigenvalue weighted by molar-refractivity contribution is 5.90. The van der Waals surface area contributed by atoms with Crippen LogP contribution in [0.5, 0.6) is 0 Å². The quantitative estimate of drug-likeness (QED) is 0.458. The molecule has 4 bridgehead atoms. The average Bonchev–Trinajstić information content (AvgIpc) is 3.34. The van der Waals surface area contributed by atoms with Gasteiger partial charge in [-0.1, -0.05) is 45.8 Å². The van der Waals surface area contributed by atoms with E-state index in [2.05, 4.69) is 45.6 Å². The Labute approximate surface area is 198 Å². The standard InChI is InChI=1S/C27H41NO5/c1-6-28-12-18(5)33-23(13-28)32-15-26-11-20-17(4)7-8-21(20)25(14-29)10-19(26)9-22(16(2)3)27(25,26)24(30)31/h9,14,16-21,23H,6-8,10-13,15H2,1-5H3,(H,30,31)/t17-,18-,19-,20-,21-,23-,25+,26?,27+/m1/s1. The van der Waals surface area contributed by atoms with Crippen LogP contribution in [0.25, 0.3) is 0 Å². The van der Waals surface area contributed by atoms with E-state index in [-0.39, 0.29) is 30.1 Å². The lowest BCUT2D eigenvalue weighted by atomic mass is 9.43. The minimum Gasteiger partial charge on any atom is -0.481 e. The number of aliphatic carboxylic acids is 1. The number of nitrogens with zero attached hydrogens (tertiary/aromatic N) is 1. The molecule has 33 heavy (non-hydrogen) atoms. The summed E-state index contributed by atoms with van der Waals surface area (Å²) in [6.07, 6.45) is 6.56. The maximum absolute atomic E-state index is 13.5. The molecule has 4 aliphatic carbocycles. The van der Waals surface area contributed by atoms with Crippen LogP contribution >= 0.6 is 0 Å². The molecule has 0 aromatic carbocycles. The first-order valence-corrected chi connectivity index (χ1v) is 13.1. The molecule has 9 atom stereocenters. The number of allylic oxidation sites excluding steroid dienone is 1. The number of carbonyl (C=O) groups excluding carboxylic acids is 1. The van der Waals surface area contributed by atoms with E-state index in [0.717, 1.165) is 44.2 Å². The molecular formula is C27H41NO5. The Morgan fingerprint density at radius 3 is 2.70 bits per heavy atom. The zero-order chi connectivity index (χ0) is 23.8. The molecule has 6 heteroatoms. The second-order valence-electron chi connectivity index (χ2n) is 12.0. The molecule has 0 aromatic heterocycles. The molecular weight excluding hydrogens is 418 g/mol. The Bertz CT molecular complexity index is 855. The van der Waals surface area contributed by atoms with E-state index < -0.39 is 22.2 Å². The normalized spacial score (nSPS) is 48.7. The van der Waals surface area contributed by atoms with Crippen LogP contribution in [-0.4, -0.2) is 60.9 Å². The third-order valence-electron chi connectivity index (χ3n) is 10.4. The topological polar surface area (TPSA) is 76.1 Å². The molecule has 0 spiro atoms. The summed E-state index contributed by atoms with van der Waals surface area (Å²) in [7, 11) is 0. The van der Waals surface area contributed by atoms with Gasteiger partial charge >= 0.3 is 5.97 Å². The molecule has 4 fully saturated rings. The van der Waals surface area contributed by atoms with Crippen molar-refractivity contribution in [1.82, 2.24) is 4.90 Å². The molecule has 0 amide bonds. The van der Waals surface area contributed by atoms with Crippen molar-refractivity contribution < 1.29 is 24.2 Å². The van der Waals surface area contributed by atoms with Crippen molar-refractivity contribution in [3.63, 3.8) is 0 Å². The summed E-state index contributed by atoms with van der Waals surface area (Å²) >= 11 is 0. The van der Waals surface area contributed by atoms with Crippen LogP contribution < -0.4 is 0 Å². The minimum absolute atomic E-state index is 0.0669. The zero-order valence-corrected chi connectivity index (χ0v) is 20.9. The molecule has 1 saturated heterocycles. The monoisotopic (exact) mass is 459 g/mol. The Balaban J connectivity index is 1.58. The summed E-state index contributed by atoms with van der Waals surface area (Å²) in [6.45, 7) is 13.5. The van der Waals surface area contributed by atoms with Crippen LogP contribution in [0.1, 0.15) is 60.3 Å². The second-order valence-corrected chi connectivity index (χ2v) is 12.0. The predicted molar refractivity (Wildman–Crippen MR) is 124 cm³/mol. The number of ether oxygens (including phenoxy) is 2. The highest BCUT2D eigenvalue weighted by atomic mass is 16.7. The van der Waals surface area contributed by atoms with Crippen LogP contribution in [0.2, 0.25) is 0 Å². The first-order chi connectivity index (χ1) is 15.7. The summed E-state index contributed by atoms with van der Waals surface area (Å²) in [6, 6.07) is 0. The molecule has 0 radical (unpaired) electrons. The van der Waals surface area contributed by atoms with Crippen molar-refractivity contribution in [3.05, 3.63) is 11.6 Å². The van der Waals surface area contributed by atoms with Crippen LogP contribution in [0.15, 0.2) is 11.6 Å². The number of likely N-dealkylation sites (N-methyl/N-ethyl adjacent to an activating group) is 1. The lowest BCUT2D eigenvalue weighted by Crippen LogP contribution is -2.64. The highest BCUT2D eigenvalue weighted by Gasteiger charge is 2.84. The molecule has 1 N–H and O–H groups in total. The number of rotatable bonds is 7. The van der Waals surface area contributed by atoms with E-state index >= 15 is 0 Å². The fraction of sp³-hybridized carbons (Fsp3) is 0.852. The first-order valence-electron chi connectivity index (χ1n) is 13.1. The maximum atomic E-state index is 13.5. The van der Waals surface area contributed by atoms with Crippen molar-refractivity contribution in [3.8, 4) is 0 Å². The number of fused-ring (bicyclic) bond motifs is 2. The van der Waals surface area contributed by atoms with Gasteiger partial charge in [-0.15, -0.1) is 0 Å². The fourth-order valence-corrected chi connectivity index (χ4v) is 9.22. The Morgan fingerprint density at radius 1 is 1.30 bits per heavy atom. The number of hydrogen-bond acceptors (Lipinski definition) is 5. The second kappa shape index (κ2) is 7.89. The van der Waals surface area contributed by atoms with Gasteiger partial charge in [0.15, 0.2) is 6.29 Å². The van der Waals surface area contributed by atoms with Crippen molar-refractivity contribution in [2.45, 2.75) is 72.7 Å².